The van der Waals surface area contributed by atoms with E-state index in [4.69, 9.17) is 9.15 Å². The summed E-state index contributed by atoms with van der Waals surface area (Å²) in [6.45, 7) is 1.26. The maximum absolute atomic E-state index is 11.8. The predicted molar refractivity (Wildman–Crippen MR) is 60.8 cm³/mol. The number of nitrogens with one attached hydrogen (secondary N) is 1. The zero-order valence-corrected chi connectivity index (χ0v) is 9.97. The lowest BCUT2D eigenvalue weighted by atomic mass is 10.00. The van der Waals surface area contributed by atoms with Gasteiger partial charge in [-0.1, -0.05) is 10.2 Å². The molecule has 1 aromatic rings. The molecule has 1 fully saturated rings. The highest BCUT2D eigenvalue weighted by atomic mass is 16.5. The highest BCUT2D eigenvalue weighted by molar-refractivity contribution is 5.90. The van der Waals surface area contributed by atoms with Crippen molar-refractivity contribution in [3.8, 4) is 0 Å². The van der Waals surface area contributed by atoms with Crippen LogP contribution in [0.4, 0.5) is 12.0 Å². The fourth-order valence-corrected chi connectivity index (χ4v) is 1.61. The van der Waals surface area contributed by atoms with Gasteiger partial charge in [-0.3, -0.25) is 10.1 Å². The van der Waals surface area contributed by atoms with Gasteiger partial charge in [-0.15, -0.1) is 0 Å². The first kappa shape index (κ1) is 11.8. The molecule has 0 aromatic carbocycles. The van der Waals surface area contributed by atoms with Crippen molar-refractivity contribution in [3.63, 3.8) is 0 Å². The van der Waals surface area contributed by atoms with Gasteiger partial charge in [-0.25, -0.2) is 0 Å². The van der Waals surface area contributed by atoms with Gasteiger partial charge < -0.3 is 14.1 Å². The topological polar surface area (TPSA) is 80.5 Å². The minimum absolute atomic E-state index is 0.0292. The van der Waals surface area contributed by atoms with Gasteiger partial charge in [0.25, 0.3) is 0 Å². The van der Waals surface area contributed by atoms with Crippen molar-refractivity contribution in [1.29, 1.82) is 0 Å². The molecule has 0 unspecified atom stereocenters. The molecule has 1 N–H and O–H groups in total. The summed E-state index contributed by atoms with van der Waals surface area (Å²) in [7, 11) is 3.58. The summed E-state index contributed by atoms with van der Waals surface area (Å²) in [5.41, 5.74) is 0. The van der Waals surface area contributed by atoms with E-state index in [1.54, 1.807) is 19.0 Å². The Morgan fingerprint density at radius 3 is 2.65 bits per heavy atom. The van der Waals surface area contributed by atoms with Gasteiger partial charge in [0.2, 0.25) is 5.91 Å². The number of carbonyl (C=O) groups excluding carboxylic acids is 1. The molecule has 1 aliphatic rings. The Kier molecular flexibility index (Phi) is 3.58. The number of aromatic nitrogens is 2. The van der Waals surface area contributed by atoms with E-state index in [0.29, 0.717) is 19.2 Å². The second-order valence-corrected chi connectivity index (χ2v) is 4.16. The highest BCUT2D eigenvalue weighted by Gasteiger charge is 2.23. The van der Waals surface area contributed by atoms with Crippen LogP contribution in [-0.4, -0.2) is 43.4 Å². The lowest BCUT2D eigenvalue weighted by Crippen LogP contribution is -2.28. The van der Waals surface area contributed by atoms with Crippen molar-refractivity contribution >= 4 is 17.9 Å². The molecular weight excluding hydrogens is 224 g/mol. The van der Waals surface area contributed by atoms with Crippen molar-refractivity contribution in [2.24, 2.45) is 5.92 Å². The van der Waals surface area contributed by atoms with E-state index in [1.165, 1.54) is 0 Å². The van der Waals surface area contributed by atoms with Crippen molar-refractivity contribution in [2.75, 3.05) is 37.5 Å². The van der Waals surface area contributed by atoms with Gasteiger partial charge in [0.05, 0.1) is 0 Å². The van der Waals surface area contributed by atoms with Crippen LogP contribution in [0.2, 0.25) is 0 Å². The third kappa shape index (κ3) is 2.94. The number of rotatable bonds is 3. The first-order valence-corrected chi connectivity index (χ1v) is 5.56. The maximum Gasteiger partial charge on any atom is 0.323 e. The number of amides is 1. The normalized spacial score (nSPS) is 16.8. The van der Waals surface area contributed by atoms with Gasteiger partial charge in [-0.2, -0.15) is 0 Å². The van der Waals surface area contributed by atoms with Gasteiger partial charge in [0.15, 0.2) is 0 Å². The van der Waals surface area contributed by atoms with E-state index in [-0.39, 0.29) is 17.8 Å². The Morgan fingerprint density at radius 1 is 1.35 bits per heavy atom. The maximum atomic E-state index is 11.8. The van der Waals surface area contributed by atoms with Crippen LogP contribution in [-0.2, 0) is 9.53 Å². The molecule has 0 atom stereocenters. The lowest BCUT2D eigenvalue weighted by Gasteiger charge is -2.20. The molecule has 1 amide bonds. The van der Waals surface area contributed by atoms with Crippen LogP contribution in [0.25, 0.3) is 0 Å². The number of anilines is 2. The largest absolute Gasteiger partial charge is 0.389 e. The minimum Gasteiger partial charge on any atom is -0.389 e. The summed E-state index contributed by atoms with van der Waals surface area (Å²) in [5.74, 6) is -0.110. The number of ether oxygens (including phenoxy) is 1. The molecule has 7 nitrogen and oxygen atoms in total. The molecule has 0 bridgehead atoms. The van der Waals surface area contributed by atoms with E-state index in [2.05, 4.69) is 15.5 Å². The average Bonchev–Trinajstić information content (AvgIpc) is 2.79. The van der Waals surface area contributed by atoms with E-state index in [1.807, 2.05) is 0 Å². The zero-order chi connectivity index (χ0) is 12.3. The lowest BCUT2D eigenvalue weighted by molar-refractivity contribution is -0.122. The minimum atomic E-state index is -0.0812. The summed E-state index contributed by atoms with van der Waals surface area (Å²) in [6.07, 6.45) is 1.47. The van der Waals surface area contributed by atoms with E-state index in [9.17, 15) is 4.79 Å². The van der Waals surface area contributed by atoms with Crippen molar-refractivity contribution in [2.45, 2.75) is 12.8 Å². The number of carbonyl (C=O) groups is 1. The highest BCUT2D eigenvalue weighted by Crippen LogP contribution is 2.18. The second-order valence-electron chi connectivity index (χ2n) is 4.16. The van der Waals surface area contributed by atoms with E-state index >= 15 is 0 Å². The monoisotopic (exact) mass is 240 g/mol. The zero-order valence-electron chi connectivity index (χ0n) is 9.97. The fraction of sp³-hybridized carbons (Fsp3) is 0.700. The molecule has 0 radical (unpaired) electrons. The van der Waals surface area contributed by atoms with Crippen LogP contribution >= 0.6 is 0 Å². The standard InChI is InChI=1S/C10H16N4O3/c1-14(2)10-13-12-9(17-10)11-8(15)7-3-5-16-6-4-7/h7H,3-6H2,1-2H3,(H,11,12,15). The smallest absolute Gasteiger partial charge is 0.323 e. The second kappa shape index (κ2) is 5.13. The Hall–Kier alpha value is -1.63. The third-order valence-electron chi connectivity index (χ3n) is 2.62. The van der Waals surface area contributed by atoms with Gasteiger partial charge in [0.1, 0.15) is 0 Å². The van der Waals surface area contributed by atoms with Crippen LogP contribution in [0.15, 0.2) is 4.42 Å². The third-order valence-corrected chi connectivity index (χ3v) is 2.62. The molecule has 2 rings (SSSR count). The molecule has 1 saturated heterocycles. The number of nitrogens with zero attached hydrogens (tertiary/aromatic N) is 3. The molecule has 0 aliphatic carbocycles. The number of hydrogen-bond donors (Lipinski definition) is 1. The molecule has 17 heavy (non-hydrogen) atoms. The SMILES string of the molecule is CN(C)c1nnc(NC(=O)C2CCOCC2)o1. The van der Waals surface area contributed by atoms with E-state index < -0.39 is 0 Å². The average molecular weight is 240 g/mol. The quantitative estimate of drug-likeness (QED) is 0.828. The van der Waals surface area contributed by atoms with Crippen molar-refractivity contribution < 1.29 is 13.9 Å². The summed E-state index contributed by atoms with van der Waals surface area (Å²) in [4.78, 5) is 13.5. The summed E-state index contributed by atoms with van der Waals surface area (Å²) >= 11 is 0. The van der Waals surface area contributed by atoms with Crippen molar-refractivity contribution in [1.82, 2.24) is 10.2 Å². The van der Waals surface area contributed by atoms with Crippen LogP contribution in [0.1, 0.15) is 12.8 Å². The molecule has 2 heterocycles. The Labute approximate surface area is 99.1 Å². The summed E-state index contributed by atoms with van der Waals surface area (Å²) < 4.78 is 10.4. The Morgan fingerprint density at radius 2 is 2.06 bits per heavy atom. The molecular formula is C10H16N4O3. The van der Waals surface area contributed by atoms with Crippen LogP contribution in [0, 0.1) is 5.92 Å². The number of hydrogen-bond acceptors (Lipinski definition) is 6. The summed E-state index contributed by atoms with van der Waals surface area (Å²) in [5, 5.41) is 10.2. The Bertz CT molecular complexity index is 385. The van der Waals surface area contributed by atoms with Crippen molar-refractivity contribution in [3.05, 3.63) is 0 Å². The van der Waals surface area contributed by atoms with E-state index in [0.717, 1.165) is 12.8 Å². The molecule has 0 spiro atoms. The van der Waals surface area contributed by atoms with Gasteiger partial charge in [0, 0.05) is 33.2 Å². The first-order chi connectivity index (χ1) is 8.16. The van der Waals surface area contributed by atoms with Gasteiger partial charge >= 0.3 is 12.0 Å². The summed E-state index contributed by atoms with van der Waals surface area (Å²) in [6, 6.07) is 0.512. The molecule has 7 heteroatoms. The molecule has 0 saturated carbocycles. The van der Waals surface area contributed by atoms with Crippen LogP contribution in [0.5, 0.6) is 0 Å². The molecule has 1 aromatic heterocycles. The van der Waals surface area contributed by atoms with Gasteiger partial charge in [-0.05, 0) is 12.8 Å². The molecule has 1 aliphatic heterocycles. The van der Waals surface area contributed by atoms with Crippen LogP contribution in [0.3, 0.4) is 0 Å². The molecule has 94 valence electrons. The Balaban J connectivity index is 1.92. The first-order valence-electron chi connectivity index (χ1n) is 5.56. The predicted octanol–water partition coefficient (Wildman–Crippen LogP) is 0.501. The van der Waals surface area contributed by atoms with Crippen LogP contribution < -0.4 is 10.2 Å². The fourth-order valence-electron chi connectivity index (χ4n) is 1.61.